The van der Waals surface area contributed by atoms with Crippen molar-refractivity contribution in [1.29, 1.82) is 0 Å². The molecule has 0 fully saturated rings. The van der Waals surface area contributed by atoms with E-state index < -0.39 is 11.9 Å². The molecule has 18 heavy (non-hydrogen) atoms. The van der Waals surface area contributed by atoms with Crippen LogP contribution in [0.3, 0.4) is 0 Å². The van der Waals surface area contributed by atoms with Crippen molar-refractivity contribution in [2.75, 3.05) is 6.54 Å². The molecule has 0 unspecified atom stereocenters. The molecule has 0 spiro atoms. The van der Waals surface area contributed by atoms with Gasteiger partial charge in [0.2, 0.25) is 5.91 Å². The van der Waals surface area contributed by atoms with Crippen molar-refractivity contribution in [3.05, 3.63) is 16.4 Å². The van der Waals surface area contributed by atoms with Crippen LogP contribution < -0.4 is 15.9 Å². The van der Waals surface area contributed by atoms with Crippen LogP contribution in [0.4, 0.5) is 0 Å². The van der Waals surface area contributed by atoms with Crippen LogP contribution in [0.1, 0.15) is 13.8 Å². The molecule has 0 bridgehead atoms. The highest BCUT2D eigenvalue weighted by Crippen LogP contribution is 1.97. The number of nitrogens with one attached hydrogen (secondary N) is 1. The maximum atomic E-state index is 11.5. The van der Waals surface area contributed by atoms with E-state index >= 15 is 0 Å². The molecule has 2 amide bonds. The average Bonchev–Trinajstić information content (AvgIpc) is 2.70. The van der Waals surface area contributed by atoms with E-state index in [2.05, 4.69) is 10.3 Å². The zero-order chi connectivity index (χ0) is 13.7. The number of thiazole rings is 1. The smallest absolute Gasteiger partial charge is 0.267 e. The minimum Gasteiger partial charge on any atom is -0.346 e. The van der Waals surface area contributed by atoms with Crippen molar-refractivity contribution < 1.29 is 9.59 Å². The minimum atomic E-state index is -0.601. The number of aromatic nitrogens is 1. The largest absolute Gasteiger partial charge is 0.346 e. The van der Waals surface area contributed by atoms with Crippen molar-refractivity contribution in [2.45, 2.75) is 19.9 Å². The van der Waals surface area contributed by atoms with Crippen LogP contribution in [0.25, 0.3) is 0 Å². The number of amides is 2. The number of carbonyl (C=O) groups excluding carboxylic acids is 2. The molecule has 1 heterocycles. The summed E-state index contributed by atoms with van der Waals surface area (Å²) >= 11 is 1.36. The number of nitrogens with zero attached hydrogens (tertiary/aromatic N) is 2. The van der Waals surface area contributed by atoms with Gasteiger partial charge in [-0.2, -0.15) is 4.99 Å². The third-order valence-electron chi connectivity index (χ3n) is 2.41. The van der Waals surface area contributed by atoms with Gasteiger partial charge in [0.05, 0.1) is 12.6 Å². The highest BCUT2D eigenvalue weighted by molar-refractivity contribution is 7.07. The lowest BCUT2D eigenvalue weighted by atomic mass is 10.1. The highest BCUT2D eigenvalue weighted by Gasteiger charge is 2.17. The van der Waals surface area contributed by atoms with E-state index in [-0.39, 0.29) is 18.4 Å². The lowest BCUT2D eigenvalue weighted by Gasteiger charge is -2.14. The summed E-state index contributed by atoms with van der Waals surface area (Å²) in [6.07, 6.45) is 1.81. The summed E-state index contributed by atoms with van der Waals surface area (Å²) < 4.78 is 1.74. The molecule has 0 saturated carbocycles. The Balaban J connectivity index is 2.53. The van der Waals surface area contributed by atoms with Crippen LogP contribution in [0, 0.1) is 5.92 Å². The molecule has 1 atom stereocenters. The van der Waals surface area contributed by atoms with Gasteiger partial charge in [-0.1, -0.05) is 13.8 Å². The summed E-state index contributed by atoms with van der Waals surface area (Å²) in [6, 6.07) is -0.601. The molecule has 0 aromatic carbocycles. The van der Waals surface area contributed by atoms with Crippen LogP contribution in [-0.4, -0.2) is 29.0 Å². The average molecular weight is 270 g/mol. The second kappa shape index (κ2) is 6.46. The van der Waals surface area contributed by atoms with Gasteiger partial charge >= 0.3 is 0 Å². The first-order chi connectivity index (χ1) is 8.41. The Morgan fingerprint density at radius 3 is 2.72 bits per heavy atom. The van der Waals surface area contributed by atoms with Crippen LogP contribution in [0.5, 0.6) is 0 Å². The van der Waals surface area contributed by atoms with Crippen molar-refractivity contribution in [3.63, 3.8) is 0 Å². The zero-order valence-corrected chi connectivity index (χ0v) is 11.5. The fraction of sp³-hybridized carbons (Fsp3) is 0.545. The summed E-state index contributed by atoms with van der Waals surface area (Å²) in [6.45, 7) is 3.57. The first-order valence-corrected chi connectivity index (χ1v) is 6.50. The molecule has 6 nitrogen and oxygen atoms in total. The van der Waals surface area contributed by atoms with Crippen molar-refractivity contribution in [2.24, 2.45) is 23.7 Å². The molecule has 1 rings (SSSR count). The van der Waals surface area contributed by atoms with Gasteiger partial charge in [-0.3, -0.25) is 9.59 Å². The third kappa shape index (κ3) is 4.08. The quantitative estimate of drug-likeness (QED) is 0.781. The topological polar surface area (TPSA) is 89.5 Å². The van der Waals surface area contributed by atoms with Gasteiger partial charge in [-0.05, 0) is 5.92 Å². The van der Waals surface area contributed by atoms with Crippen LogP contribution >= 0.6 is 11.3 Å². The Kier molecular flexibility index (Phi) is 5.24. The van der Waals surface area contributed by atoms with Gasteiger partial charge < -0.3 is 15.6 Å². The van der Waals surface area contributed by atoms with E-state index in [0.717, 1.165) is 0 Å². The van der Waals surface area contributed by atoms with Crippen LogP contribution in [0.15, 0.2) is 16.6 Å². The van der Waals surface area contributed by atoms with E-state index in [1.165, 1.54) is 11.3 Å². The zero-order valence-electron chi connectivity index (χ0n) is 10.7. The summed E-state index contributed by atoms with van der Waals surface area (Å²) in [7, 11) is 1.80. The number of nitrogens with two attached hydrogens (primary N) is 1. The predicted octanol–water partition coefficient (Wildman–Crippen LogP) is -0.387. The third-order valence-corrected chi connectivity index (χ3v) is 3.26. The Morgan fingerprint density at radius 2 is 2.22 bits per heavy atom. The van der Waals surface area contributed by atoms with Gasteiger partial charge in [0.15, 0.2) is 4.80 Å². The first-order valence-electron chi connectivity index (χ1n) is 5.62. The van der Waals surface area contributed by atoms with E-state index in [1.807, 2.05) is 25.4 Å². The minimum absolute atomic E-state index is 0.0344. The molecular weight excluding hydrogens is 252 g/mol. The van der Waals surface area contributed by atoms with Gasteiger partial charge in [-0.15, -0.1) is 11.3 Å². The van der Waals surface area contributed by atoms with Gasteiger partial charge in [0.25, 0.3) is 5.91 Å². The van der Waals surface area contributed by atoms with Gasteiger partial charge in [0, 0.05) is 18.6 Å². The Bertz CT molecular complexity index is 489. The molecule has 1 aromatic heterocycles. The monoisotopic (exact) mass is 270 g/mol. The molecule has 0 saturated heterocycles. The summed E-state index contributed by atoms with van der Waals surface area (Å²) in [5.74, 6) is -0.686. The first kappa shape index (κ1) is 14.6. The normalized spacial score (nSPS) is 13.7. The fourth-order valence-corrected chi connectivity index (χ4v) is 1.91. The maximum Gasteiger partial charge on any atom is 0.267 e. The number of rotatable bonds is 4. The summed E-state index contributed by atoms with van der Waals surface area (Å²) in [4.78, 5) is 27.5. The maximum absolute atomic E-state index is 11.5. The van der Waals surface area contributed by atoms with E-state index in [1.54, 1.807) is 11.6 Å². The summed E-state index contributed by atoms with van der Waals surface area (Å²) in [5, 5.41) is 4.32. The predicted molar refractivity (Wildman–Crippen MR) is 69.7 cm³/mol. The Morgan fingerprint density at radius 1 is 1.56 bits per heavy atom. The SMILES string of the molecule is CC(C)[C@H](N)C(=O)NCC(=O)N=c1sccn1C. The van der Waals surface area contributed by atoms with E-state index in [0.29, 0.717) is 4.80 Å². The molecule has 7 heteroatoms. The molecule has 0 aliphatic carbocycles. The molecule has 100 valence electrons. The van der Waals surface area contributed by atoms with Crippen LogP contribution in [0.2, 0.25) is 0 Å². The molecule has 3 N–H and O–H groups in total. The second-order valence-corrected chi connectivity index (χ2v) is 5.16. The van der Waals surface area contributed by atoms with Gasteiger partial charge in [-0.25, -0.2) is 0 Å². The number of hydrogen-bond acceptors (Lipinski definition) is 4. The molecule has 1 aromatic rings. The Hall–Kier alpha value is -1.47. The summed E-state index contributed by atoms with van der Waals surface area (Å²) in [5.41, 5.74) is 5.65. The molecule has 0 aliphatic rings. The highest BCUT2D eigenvalue weighted by atomic mass is 32.1. The standard InChI is InChI=1S/C11H18N4O2S/c1-7(2)9(12)10(17)13-6-8(16)14-11-15(3)4-5-18-11/h4-5,7,9H,6,12H2,1-3H3,(H,13,17)/t9-/m0/s1. The molecule has 0 aliphatic heterocycles. The molecule has 0 radical (unpaired) electrons. The Labute approximate surface area is 110 Å². The molecular formula is C11H18N4O2S. The fourth-order valence-electron chi connectivity index (χ4n) is 1.16. The van der Waals surface area contributed by atoms with E-state index in [9.17, 15) is 9.59 Å². The number of carbonyl (C=O) groups is 2. The van der Waals surface area contributed by atoms with Crippen molar-refractivity contribution in [3.8, 4) is 0 Å². The van der Waals surface area contributed by atoms with Crippen molar-refractivity contribution in [1.82, 2.24) is 9.88 Å². The van der Waals surface area contributed by atoms with Crippen LogP contribution in [-0.2, 0) is 16.6 Å². The van der Waals surface area contributed by atoms with E-state index in [4.69, 9.17) is 5.73 Å². The lowest BCUT2D eigenvalue weighted by Crippen LogP contribution is -2.45. The van der Waals surface area contributed by atoms with Crippen molar-refractivity contribution >= 4 is 23.2 Å². The number of aryl methyl sites for hydroxylation is 1. The number of hydrogen-bond donors (Lipinski definition) is 2. The second-order valence-electron chi connectivity index (χ2n) is 4.29. The lowest BCUT2D eigenvalue weighted by molar-refractivity contribution is -0.126. The van der Waals surface area contributed by atoms with Gasteiger partial charge in [0.1, 0.15) is 0 Å².